The van der Waals surface area contributed by atoms with Crippen molar-refractivity contribution >= 4 is 73.2 Å². The summed E-state index contributed by atoms with van der Waals surface area (Å²) in [5, 5.41) is 44.5. The van der Waals surface area contributed by atoms with Crippen molar-refractivity contribution in [3.05, 3.63) is 83.9 Å². The molecule has 16 heteroatoms. The maximum absolute atomic E-state index is 14.1. The maximum atomic E-state index is 14.1. The Balaban J connectivity index is 0.000000182. The molecule has 4 unspecified atom stereocenters. The molecule has 4 aromatic carbocycles. The van der Waals surface area contributed by atoms with Crippen LogP contribution in [0.4, 0.5) is 11.4 Å². The fourth-order valence-electron chi connectivity index (χ4n) is 12.9. The molecular weight excluding hydrogens is 969 g/mol. The monoisotopic (exact) mass is 1040 g/mol. The number of imide groups is 2. The van der Waals surface area contributed by atoms with E-state index in [2.05, 4.69) is 79.9 Å². The number of carbonyl (C=O) groups excluding carboxylic acids is 4. The molecule has 6 heterocycles. The van der Waals surface area contributed by atoms with Crippen molar-refractivity contribution in [1.29, 1.82) is 10.5 Å². The molecule has 0 saturated carbocycles. The molecule has 0 aromatic heterocycles. The second-order valence-electron chi connectivity index (χ2n) is 24.6. The molecule has 0 spiro atoms. The zero-order chi connectivity index (χ0) is 53.9. The summed E-state index contributed by atoms with van der Waals surface area (Å²) >= 11 is 0. The fourth-order valence-corrected chi connectivity index (χ4v) is 15.0. The average molecular weight is 1040 g/mol. The van der Waals surface area contributed by atoms with Gasteiger partial charge in [-0.1, -0.05) is 104 Å². The number of hydrogen-bond acceptors (Lipinski definition) is 12. The second kappa shape index (κ2) is 18.3. The molecular formula is C58H72N4O10Si2. The van der Waals surface area contributed by atoms with Gasteiger partial charge >= 0.3 is 0 Å². The summed E-state index contributed by atoms with van der Waals surface area (Å²) in [7, 11) is -4.08. The van der Waals surface area contributed by atoms with E-state index < -0.39 is 74.9 Å². The molecule has 6 aliphatic rings. The summed E-state index contributed by atoms with van der Waals surface area (Å²) in [4.78, 5) is 58.9. The van der Waals surface area contributed by atoms with Crippen LogP contribution in [-0.4, -0.2) is 98.3 Å². The Morgan fingerprint density at radius 1 is 0.568 bits per heavy atom. The Kier molecular flexibility index (Phi) is 13.2. The van der Waals surface area contributed by atoms with E-state index in [9.17, 15) is 39.9 Å². The normalized spacial score (nSPS) is 31.3. The lowest BCUT2D eigenvalue weighted by molar-refractivity contribution is -0.139. The Bertz CT molecular complexity index is 2970. The first kappa shape index (κ1) is 53.7. The van der Waals surface area contributed by atoms with Crippen LogP contribution in [0, 0.1) is 46.3 Å². The molecule has 6 saturated heterocycles. The van der Waals surface area contributed by atoms with Gasteiger partial charge < -0.3 is 28.5 Å². The summed E-state index contributed by atoms with van der Waals surface area (Å²) < 4.78 is 26.1. The van der Waals surface area contributed by atoms with E-state index in [0.717, 1.165) is 0 Å². The molecule has 4 amide bonds. The summed E-state index contributed by atoms with van der Waals surface area (Å²) in [6, 6.07) is 25.7. The topological polar surface area (TPSA) is 200 Å². The molecule has 0 radical (unpaired) electrons. The SMILES string of the molecule is CCC12C[C@@H](O)C(CCO[Si](C)(C)C(C)(C)C)(O1)[C@H]1C(=O)N(c3ccc(C#N)c4ccccc34)C(=O)[C@H]12.CCC12OC(CCO[Si](C)(C)C(C)(C)C)(C[C@@H]1O)[C@H]1C(=O)N(c3ccc(C#N)c4ccccc34)C(=O)[C@H]12. The molecule has 4 aromatic rings. The number of benzene rings is 4. The summed E-state index contributed by atoms with van der Waals surface area (Å²) in [5.74, 6) is -4.12. The number of fused-ring (bicyclic) bond motifs is 12. The highest BCUT2D eigenvalue weighted by Crippen LogP contribution is 2.65. The number of ether oxygens (including phenoxy) is 2. The standard InChI is InChI=1S/2C29H36N2O5Si/c1-7-29-22(32)16-28(36-29,14-15-35-37(5,6)27(2,3)4)23-24(29)26(34)31(25(23)33)21-13-12-18(17-30)19-10-8-9-11-20(19)21;1-7-28-16-22(32)29(36-28,14-15-35-37(5,6)27(2,3)4)24-23(28)25(33)31(26(24)34)21-13-12-18(17-30)19-10-8-9-11-20(19)21/h2*8-13,22-24,32H,7,14-16H2,1-6H3/t2*22-,23+,24-,28?,29?/m01/s1. The van der Waals surface area contributed by atoms with Crippen LogP contribution >= 0.6 is 0 Å². The van der Waals surface area contributed by atoms with Gasteiger partial charge in [-0.3, -0.25) is 19.2 Å². The highest BCUT2D eigenvalue weighted by Gasteiger charge is 2.79. The number of nitrogens with zero attached hydrogens (tertiary/aromatic N) is 4. The number of anilines is 2. The first-order valence-corrected chi connectivity index (χ1v) is 32.1. The molecule has 0 aliphatic carbocycles. The van der Waals surface area contributed by atoms with Crippen LogP contribution in [0.25, 0.3) is 21.5 Å². The minimum Gasteiger partial charge on any atom is -0.417 e. The lowest BCUT2D eigenvalue weighted by Gasteiger charge is -2.39. The Hall–Kier alpha value is -5.15. The predicted octanol–water partition coefficient (Wildman–Crippen LogP) is 9.82. The molecule has 4 bridgehead atoms. The third-order valence-corrected chi connectivity index (χ3v) is 28.1. The lowest BCUT2D eigenvalue weighted by Crippen LogP contribution is -2.52. The first-order valence-electron chi connectivity index (χ1n) is 26.3. The minimum absolute atomic E-state index is 0.0256. The van der Waals surface area contributed by atoms with Crippen molar-refractivity contribution < 1.29 is 47.7 Å². The Morgan fingerprint density at radius 2 is 0.946 bits per heavy atom. The molecule has 74 heavy (non-hydrogen) atoms. The van der Waals surface area contributed by atoms with Crippen LogP contribution in [0.1, 0.15) is 105 Å². The van der Waals surface area contributed by atoms with Gasteiger partial charge in [0.15, 0.2) is 16.6 Å². The number of rotatable bonds is 12. The highest BCUT2D eigenvalue weighted by molar-refractivity contribution is 6.74. The van der Waals surface area contributed by atoms with Gasteiger partial charge in [-0.2, -0.15) is 10.5 Å². The smallest absolute Gasteiger partial charge is 0.240 e. The number of aliphatic hydroxyl groups is 2. The van der Waals surface area contributed by atoms with Gasteiger partial charge in [0.1, 0.15) is 11.2 Å². The Morgan fingerprint density at radius 3 is 1.38 bits per heavy atom. The van der Waals surface area contributed by atoms with Crippen molar-refractivity contribution in [2.24, 2.45) is 23.7 Å². The van der Waals surface area contributed by atoms with E-state index in [1.807, 2.05) is 62.4 Å². The third-order valence-electron chi connectivity index (χ3n) is 19.0. The van der Waals surface area contributed by atoms with Gasteiger partial charge in [0.25, 0.3) is 0 Å². The zero-order valence-corrected chi connectivity index (χ0v) is 47.0. The Labute approximate surface area is 437 Å². The quantitative estimate of drug-likeness (QED) is 0.101. The highest BCUT2D eigenvalue weighted by atomic mass is 28.4. The van der Waals surface area contributed by atoms with E-state index >= 15 is 0 Å². The lowest BCUT2D eigenvalue weighted by atomic mass is 9.64. The van der Waals surface area contributed by atoms with Gasteiger partial charge in [0, 0.05) is 54.0 Å². The number of carbonyl (C=O) groups is 4. The summed E-state index contributed by atoms with van der Waals surface area (Å²) in [6.45, 7) is 26.4. The van der Waals surface area contributed by atoms with Crippen LogP contribution in [0.15, 0.2) is 72.8 Å². The van der Waals surface area contributed by atoms with Crippen molar-refractivity contribution in [3.8, 4) is 12.1 Å². The molecule has 14 nitrogen and oxygen atoms in total. The largest absolute Gasteiger partial charge is 0.417 e. The average Bonchev–Trinajstić information content (AvgIpc) is 4.13. The van der Waals surface area contributed by atoms with Gasteiger partial charge in [-0.25, -0.2) is 9.80 Å². The molecule has 2 N–H and O–H groups in total. The fraction of sp³-hybridized carbons (Fsp3) is 0.552. The predicted molar refractivity (Wildman–Crippen MR) is 287 cm³/mol. The van der Waals surface area contributed by atoms with Crippen LogP contribution in [-0.2, 0) is 37.5 Å². The summed E-state index contributed by atoms with van der Waals surface area (Å²) in [5.41, 5.74) is -2.16. The molecule has 6 aliphatic heterocycles. The third kappa shape index (κ3) is 7.80. The van der Waals surface area contributed by atoms with Gasteiger partial charge in [0.05, 0.1) is 81.7 Å². The van der Waals surface area contributed by atoms with Crippen LogP contribution in [0.3, 0.4) is 0 Å². The maximum Gasteiger partial charge on any atom is 0.240 e. The number of nitriles is 2. The van der Waals surface area contributed by atoms with E-state index in [4.69, 9.17) is 18.3 Å². The van der Waals surface area contributed by atoms with Gasteiger partial charge in [-0.15, -0.1) is 0 Å². The van der Waals surface area contributed by atoms with E-state index in [0.29, 0.717) is 95.8 Å². The first-order chi connectivity index (χ1) is 34.7. The summed E-state index contributed by atoms with van der Waals surface area (Å²) in [6.07, 6.45) is 0.700. The molecule has 10 rings (SSSR count). The van der Waals surface area contributed by atoms with Crippen molar-refractivity contribution in [2.75, 3.05) is 23.0 Å². The van der Waals surface area contributed by atoms with Crippen molar-refractivity contribution in [2.45, 2.75) is 165 Å². The number of hydrogen-bond donors (Lipinski definition) is 2. The van der Waals surface area contributed by atoms with Gasteiger partial charge in [-0.05, 0) is 79.8 Å². The van der Waals surface area contributed by atoms with Gasteiger partial charge in [0.2, 0.25) is 23.6 Å². The second-order valence-corrected chi connectivity index (χ2v) is 34.2. The van der Waals surface area contributed by atoms with Crippen molar-refractivity contribution in [1.82, 2.24) is 0 Å². The van der Waals surface area contributed by atoms with Crippen LogP contribution < -0.4 is 9.80 Å². The van der Waals surface area contributed by atoms with Crippen molar-refractivity contribution in [3.63, 3.8) is 0 Å². The van der Waals surface area contributed by atoms with Crippen LogP contribution in [0.5, 0.6) is 0 Å². The number of aliphatic hydroxyl groups excluding tert-OH is 2. The molecule has 6 fully saturated rings. The molecule has 10 atom stereocenters. The molecule has 392 valence electrons. The van der Waals surface area contributed by atoms with E-state index in [-0.39, 0.29) is 33.7 Å². The zero-order valence-electron chi connectivity index (χ0n) is 45.0. The van der Waals surface area contributed by atoms with Crippen LogP contribution in [0.2, 0.25) is 36.3 Å². The van der Waals surface area contributed by atoms with E-state index in [1.165, 1.54) is 9.80 Å². The minimum atomic E-state index is -2.05. The van der Waals surface area contributed by atoms with E-state index in [1.54, 1.807) is 24.3 Å². The number of amides is 4.